The van der Waals surface area contributed by atoms with Gasteiger partial charge in [0.05, 0.1) is 11.8 Å². The van der Waals surface area contributed by atoms with Crippen molar-refractivity contribution in [2.45, 2.75) is 33.2 Å². The molecule has 0 saturated carbocycles. The van der Waals surface area contributed by atoms with Gasteiger partial charge in [0.15, 0.2) is 0 Å². The van der Waals surface area contributed by atoms with Gasteiger partial charge in [-0.15, -0.1) is 12.4 Å². The number of carbonyl (C=O) groups excluding carboxylic acids is 1. The lowest BCUT2D eigenvalue weighted by atomic mass is 10.0. The Morgan fingerprint density at radius 2 is 2.11 bits per heavy atom. The monoisotopic (exact) mass is 274 g/mol. The number of aryl methyl sites for hydroxylation is 1. The molecule has 2 N–H and O–H groups in total. The van der Waals surface area contributed by atoms with E-state index in [0.29, 0.717) is 23.8 Å². The SMILES string of the molecule is Cc1occc1C(=O)N(C)CCC(N)C(C)C.Cl. The second-order valence-corrected chi connectivity index (χ2v) is 4.81. The van der Waals surface area contributed by atoms with Gasteiger partial charge in [-0.3, -0.25) is 4.79 Å². The predicted octanol–water partition coefficient (Wildman–Crippen LogP) is 2.46. The summed E-state index contributed by atoms with van der Waals surface area (Å²) in [6.45, 7) is 6.64. The van der Waals surface area contributed by atoms with Gasteiger partial charge >= 0.3 is 0 Å². The first-order valence-electron chi connectivity index (χ1n) is 5.98. The Hall–Kier alpha value is -1.00. The number of halogens is 1. The predicted molar refractivity (Wildman–Crippen MR) is 75.1 cm³/mol. The average Bonchev–Trinajstić information content (AvgIpc) is 2.70. The van der Waals surface area contributed by atoms with E-state index in [4.69, 9.17) is 10.2 Å². The van der Waals surface area contributed by atoms with E-state index in [2.05, 4.69) is 13.8 Å². The molecule has 1 atom stereocenters. The maximum absolute atomic E-state index is 12.0. The van der Waals surface area contributed by atoms with Crippen molar-refractivity contribution in [2.24, 2.45) is 11.7 Å². The summed E-state index contributed by atoms with van der Waals surface area (Å²) in [4.78, 5) is 13.7. The Morgan fingerprint density at radius 3 is 2.56 bits per heavy atom. The van der Waals surface area contributed by atoms with Crippen molar-refractivity contribution in [2.75, 3.05) is 13.6 Å². The van der Waals surface area contributed by atoms with Crippen molar-refractivity contribution in [3.05, 3.63) is 23.7 Å². The van der Waals surface area contributed by atoms with Crippen LogP contribution in [0.25, 0.3) is 0 Å². The molecule has 4 nitrogen and oxygen atoms in total. The van der Waals surface area contributed by atoms with Crippen LogP contribution in [0, 0.1) is 12.8 Å². The molecule has 0 aliphatic rings. The molecule has 1 rings (SSSR count). The van der Waals surface area contributed by atoms with Crippen LogP contribution >= 0.6 is 12.4 Å². The van der Waals surface area contributed by atoms with E-state index in [1.54, 1.807) is 24.9 Å². The van der Waals surface area contributed by atoms with Crippen molar-refractivity contribution >= 4 is 18.3 Å². The number of carbonyl (C=O) groups is 1. The van der Waals surface area contributed by atoms with Crippen molar-refractivity contribution < 1.29 is 9.21 Å². The molecule has 0 radical (unpaired) electrons. The summed E-state index contributed by atoms with van der Waals surface area (Å²) in [7, 11) is 1.79. The molecule has 1 aromatic rings. The van der Waals surface area contributed by atoms with Gasteiger partial charge in [0.25, 0.3) is 5.91 Å². The highest BCUT2D eigenvalue weighted by molar-refractivity contribution is 5.94. The van der Waals surface area contributed by atoms with E-state index < -0.39 is 0 Å². The molecule has 1 heterocycles. The number of rotatable bonds is 5. The van der Waals surface area contributed by atoms with Gasteiger partial charge in [-0.2, -0.15) is 0 Å². The average molecular weight is 275 g/mol. The fourth-order valence-electron chi connectivity index (χ4n) is 1.59. The van der Waals surface area contributed by atoms with Crippen LogP contribution in [0.15, 0.2) is 16.7 Å². The topological polar surface area (TPSA) is 59.5 Å². The minimum absolute atomic E-state index is 0. The first kappa shape index (κ1) is 17.0. The molecule has 0 aliphatic carbocycles. The fraction of sp³-hybridized carbons (Fsp3) is 0.615. The molecule has 0 saturated heterocycles. The maximum atomic E-state index is 12.0. The highest BCUT2D eigenvalue weighted by Crippen LogP contribution is 2.12. The van der Waals surface area contributed by atoms with E-state index in [0.717, 1.165) is 6.42 Å². The molecule has 1 amide bonds. The zero-order chi connectivity index (χ0) is 13.0. The van der Waals surface area contributed by atoms with Crippen molar-refractivity contribution in [1.82, 2.24) is 4.90 Å². The van der Waals surface area contributed by atoms with Crippen molar-refractivity contribution in [3.8, 4) is 0 Å². The quantitative estimate of drug-likeness (QED) is 0.897. The molecule has 0 aromatic carbocycles. The third kappa shape index (κ3) is 4.35. The van der Waals surface area contributed by atoms with Gasteiger partial charge in [-0.25, -0.2) is 0 Å². The summed E-state index contributed by atoms with van der Waals surface area (Å²) in [6.07, 6.45) is 2.35. The van der Waals surface area contributed by atoms with Crippen LogP contribution in [-0.2, 0) is 0 Å². The van der Waals surface area contributed by atoms with E-state index in [1.807, 2.05) is 0 Å². The van der Waals surface area contributed by atoms with Crippen LogP contribution in [-0.4, -0.2) is 30.4 Å². The number of hydrogen-bond acceptors (Lipinski definition) is 3. The summed E-state index contributed by atoms with van der Waals surface area (Å²) in [5.74, 6) is 1.09. The molecule has 5 heteroatoms. The molecule has 0 fully saturated rings. The standard InChI is InChI=1S/C13H22N2O2.ClH/c1-9(2)12(14)5-7-15(4)13(16)11-6-8-17-10(11)3;/h6,8-9,12H,5,7,14H2,1-4H3;1H. The molecule has 0 spiro atoms. The molecule has 0 bridgehead atoms. The molecular formula is C13H23ClN2O2. The molecule has 0 aliphatic heterocycles. The number of nitrogens with zero attached hydrogens (tertiary/aromatic N) is 1. The normalized spacial score (nSPS) is 12.1. The maximum Gasteiger partial charge on any atom is 0.257 e. The highest BCUT2D eigenvalue weighted by atomic mass is 35.5. The van der Waals surface area contributed by atoms with Crippen LogP contribution in [0.2, 0.25) is 0 Å². The minimum Gasteiger partial charge on any atom is -0.469 e. The van der Waals surface area contributed by atoms with E-state index in [9.17, 15) is 4.79 Å². The first-order valence-corrected chi connectivity index (χ1v) is 5.98. The first-order chi connectivity index (χ1) is 7.93. The van der Waals surface area contributed by atoms with E-state index in [-0.39, 0.29) is 24.4 Å². The van der Waals surface area contributed by atoms with Crippen LogP contribution in [0.3, 0.4) is 0 Å². The van der Waals surface area contributed by atoms with Gasteiger partial charge in [-0.1, -0.05) is 13.8 Å². The Morgan fingerprint density at radius 1 is 1.50 bits per heavy atom. The summed E-state index contributed by atoms with van der Waals surface area (Å²) in [5, 5.41) is 0. The number of hydrogen-bond donors (Lipinski definition) is 1. The summed E-state index contributed by atoms with van der Waals surface area (Å²) >= 11 is 0. The van der Waals surface area contributed by atoms with Gasteiger partial charge in [-0.05, 0) is 25.3 Å². The van der Waals surface area contributed by atoms with Crippen LogP contribution in [0.1, 0.15) is 36.4 Å². The zero-order valence-corrected chi connectivity index (χ0v) is 12.3. The van der Waals surface area contributed by atoms with Crippen LogP contribution in [0.5, 0.6) is 0 Å². The third-order valence-electron chi connectivity index (χ3n) is 3.09. The lowest BCUT2D eigenvalue weighted by molar-refractivity contribution is 0.0787. The van der Waals surface area contributed by atoms with Crippen LogP contribution in [0.4, 0.5) is 0 Å². The van der Waals surface area contributed by atoms with Gasteiger partial charge in [0.2, 0.25) is 0 Å². The second kappa shape index (κ2) is 7.44. The van der Waals surface area contributed by atoms with Crippen molar-refractivity contribution in [1.29, 1.82) is 0 Å². The van der Waals surface area contributed by atoms with E-state index in [1.165, 1.54) is 6.26 Å². The van der Waals surface area contributed by atoms with E-state index >= 15 is 0 Å². The Kier molecular flexibility index (Phi) is 7.02. The second-order valence-electron chi connectivity index (χ2n) is 4.81. The lowest BCUT2D eigenvalue weighted by Gasteiger charge is -2.21. The van der Waals surface area contributed by atoms with Gasteiger partial charge in [0.1, 0.15) is 5.76 Å². The highest BCUT2D eigenvalue weighted by Gasteiger charge is 2.17. The molecule has 1 unspecified atom stereocenters. The number of amides is 1. The zero-order valence-electron chi connectivity index (χ0n) is 11.5. The van der Waals surface area contributed by atoms with Crippen LogP contribution < -0.4 is 5.73 Å². The Bertz CT molecular complexity index is 377. The largest absolute Gasteiger partial charge is 0.469 e. The smallest absolute Gasteiger partial charge is 0.257 e. The molecule has 1 aromatic heterocycles. The third-order valence-corrected chi connectivity index (χ3v) is 3.09. The number of nitrogens with two attached hydrogens (primary N) is 1. The lowest BCUT2D eigenvalue weighted by Crippen LogP contribution is -2.34. The van der Waals surface area contributed by atoms with Gasteiger partial charge in [0, 0.05) is 19.6 Å². The van der Waals surface area contributed by atoms with Gasteiger partial charge < -0.3 is 15.1 Å². The molecule has 18 heavy (non-hydrogen) atoms. The minimum atomic E-state index is -0.00722. The molecular weight excluding hydrogens is 252 g/mol. The van der Waals surface area contributed by atoms with Crippen molar-refractivity contribution in [3.63, 3.8) is 0 Å². The summed E-state index contributed by atoms with van der Waals surface area (Å²) < 4.78 is 5.13. The number of furan rings is 1. The Labute approximate surface area is 115 Å². The Balaban J connectivity index is 0.00000289. The fourth-order valence-corrected chi connectivity index (χ4v) is 1.59. The molecule has 104 valence electrons. The summed E-state index contributed by atoms with van der Waals surface area (Å²) in [6, 6.07) is 1.84. The summed E-state index contributed by atoms with van der Waals surface area (Å²) in [5.41, 5.74) is 6.59.